The molecule has 0 aliphatic carbocycles. The van der Waals surface area contributed by atoms with Gasteiger partial charge in [0.15, 0.2) is 15.7 Å². The van der Waals surface area contributed by atoms with Crippen molar-refractivity contribution in [3.8, 4) is 0 Å². The average molecular weight is 233 g/mol. The first-order chi connectivity index (χ1) is 6.91. The molecule has 1 amide bonds. The van der Waals surface area contributed by atoms with Gasteiger partial charge in [0.05, 0.1) is 6.54 Å². The van der Waals surface area contributed by atoms with E-state index in [2.05, 4.69) is 25.9 Å². The Morgan fingerprint density at radius 2 is 2.27 bits per heavy atom. The van der Waals surface area contributed by atoms with E-state index in [1.807, 2.05) is 0 Å². The molecule has 0 saturated heterocycles. The van der Waals surface area contributed by atoms with Gasteiger partial charge >= 0.3 is 0 Å². The number of carbonyl (C=O) groups is 1. The molecule has 1 unspecified atom stereocenters. The van der Waals surface area contributed by atoms with Gasteiger partial charge in [0.1, 0.15) is 5.25 Å². The van der Waals surface area contributed by atoms with E-state index in [9.17, 15) is 13.2 Å². The lowest BCUT2D eigenvalue weighted by Crippen LogP contribution is -2.37. The van der Waals surface area contributed by atoms with Crippen LogP contribution in [0.5, 0.6) is 0 Å². The highest BCUT2D eigenvalue weighted by Gasteiger charge is 2.23. The fourth-order valence-electron chi connectivity index (χ4n) is 0.762. The number of sulfone groups is 1. The van der Waals surface area contributed by atoms with Crippen LogP contribution < -0.4 is 5.32 Å². The lowest BCUT2D eigenvalue weighted by molar-refractivity contribution is -0.120. The van der Waals surface area contributed by atoms with Gasteiger partial charge in [-0.2, -0.15) is 5.21 Å². The standard InChI is InChI=1S/C6H11N5O3S/c1-4(15(2,13)14)6(12)7-3-5-8-10-11-9-5/h4H,3H2,1-2H3,(H,7,12)(H,8,9,10,11). The van der Waals surface area contributed by atoms with Crippen molar-refractivity contribution in [3.63, 3.8) is 0 Å². The molecule has 84 valence electrons. The van der Waals surface area contributed by atoms with E-state index in [1.165, 1.54) is 6.92 Å². The van der Waals surface area contributed by atoms with Gasteiger partial charge in [0, 0.05) is 6.26 Å². The van der Waals surface area contributed by atoms with Crippen LogP contribution in [0, 0.1) is 0 Å². The van der Waals surface area contributed by atoms with Crippen LogP contribution in [0.4, 0.5) is 0 Å². The highest BCUT2D eigenvalue weighted by molar-refractivity contribution is 7.92. The first kappa shape index (κ1) is 11.6. The second kappa shape index (κ2) is 4.34. The Bertz CT molecular complexity index is 426. The molecule has 1 rings (SSSR count). The number of nitrogens with zero attached hydrogens (tertiary/aromatic N) is 3. The zero-order valence-corrected chi connectivity index (χ0v) is 9.08. The highest BCUT2D eigenvalue weighted by atomic mass is 32.2. The molecule has 2 N–H and O–H groups in total. The van der Waals surface area contributed by atoms with Crippen molar-refractivity contribution in [3.05, 3.63) is 5.82 Å². The van der Waals surface area contributed by atoms with Gasteiger partial charge < -0.3 is 5.32 Å². The fourth-order valence-corrected chi connectivity index (χ4v) is 1.23. The highest BCUT2D eigenvalue weighted by Crippen LogP contribution is 1.97. The van der Waals surface area contributed by atoms with Crippen LogP contribution in [0.15, 0.2) is 0 Å². The van der Waals surface area contributed by atoms with Gasteiger partial charge in [-0.1, -0.05) is 5.21 Å². The number of hydrogen-bond donors (Lipinski definition) is 2. The van der Waals surface area contributed by atoms with Gasteiger partial charge in [-0.05, 0) is 6.92 Å². The minimum absolute atomic E-state index is 0.0508. The summed E-state index contributed by atoms with van der Waals surface area (Å²) in [6.07, 6.45) is 1.01. The third kappa shape index (κ3) is 3.27. The molecule has 0 bridgehead atoms. The lowest BCUT2D eigenvalue weighted by Gasteiger charge is -2.08. The van der Waals surface area contributed by atoms with Crippen LogP contribution in [0.1, 0.15) is 12.7 Å². The predicted octanol–water partition coefficient (Wildman–Crippen LogP) is -1.75. The molecule has 1 heterocycles. The average Bonchev–Trinajstić information content (AvgIpc) is 2.63. The number of hydrogen-bond acceptors (Lipinski definition) is 6. The van der Waals surface area contributed by atoms with Crippen molar-refractivity contribution in [2.24, 2.45) is 0 Å². The summed E-state index contributed by atoms with van der Waals surface area (Å²) in [5, 5.41) is 14.0. The molecular weight excluding hydrogens is 222 g/mol. The minimum Gasteiger partial charge on any atom is -0.348 e. The van der Waals surface area contributed by atoms with E-state index in [4.69, 9.17) is 0 Å². The summed E-state index contributed by atoms with van der Waals surface area (Å²) < 4.78 is 22.0. The van der Waals surface area contributed by atoms with E-state index >= 15 is 0 Å². The molecule has 0 aliphatic rings. The molecule has 0 fully saturated rings. The Balaban J connectivity index is 2.50. The SMILES string of the molecule is CC(C(=O)NCc1nn[nH]n1)S(C)(=O)=O. The number of H-pyrrole nitrogens is 1. The summed E-state index contributed by atoms with van der Waals surface area (Å²) >= 11 is 0. The van der Waals surface area contributed by atoms with Gasteiger partial charge in [-0.25, -0.2) is 8.42 Å². The molecule has 0 aliphatic heterocycles. The molecule has 9 heteroatoms. The van der Waals surface area contributed by atoms with Gasteiger partial charge in [-0.15, -0.1) is 10.2 Å². The van der Waals surface area contributed by atoms with Crippen molar-refractivity contribution < 1.29 is 13.2 Å². The van der Waals surface area contributed by atoms with Crippen LogP contribution >= 0.6 is 0 Å². The molecule has 0 spiro atoms. The Kier molecular flexibility index (Phi) is 3.35. The van der Waals surface area contributed by atoms with Crippen molar-refractivity contribution in [1.29, 1.82) is 0 Å². The van der Waals surface area contributed by atoms with Gasteiger partial charge in [0.25, 0.3) is 0 Å². The molecule has 0 aromatic carbocycles. The lowest BCUT2D eigenvalue weighted by atomic mass is 10.4. The second-order valence-electron chi connectivity index (χ2n) is 3.02. The second-order valence-corrected chi connectivity index (χ2v) is 5.38. The van der Waals surface area contributed by atoms with Crippen molar-refractivity contribution in [1.82, 2.24) is 25.9 Å². The van der Waals surface area contributed by atoms with E-state index in [0.29, 0.717) is 5.82 Å². The summed E-state index contributed by atoms with van der Waals surface area (Å²) in [5.41, 5.74) is 0. The largest absolute Gasteiger partial charge is 0.348 e. The topological polar surface area (TPSA) is 118 Å². The first-order valence-electron chi connectivity index (χ1n) is 4.10. The van der Waals surface area contributed by atoms with Crippen LogP contribution in [0.3, 0.4) is 0 Å². The monoisotopic (exact) mass is 233 g/mol. The summed E-state index contributed by atoms with van der Waals surface area (Å²) in [6.45, 7) is 1.37. The third-order valence-corrected chi connectivity index (χ3v) is 3.32. The number of aromatic amines is 1. The van der Waals surface area contributed by atoms with E-state index < -0.39 is 21.0 Å². The van der Waals surface area contributed by atoms with Gasteiger partial charge in [-0.3, -0.25) is 4.79 Å². The van der Waals surface area contributed by atoms with E-state index in [1.54, 1.807) is 0 Å². The molecule has 1 aromatic rings. The van der Waals surface area contributed by atoms with Crippen LogP contribution in [0.25, 0.3) is 0 Å². The Morgan fingerprint density at radius 3 is 2.73 bits per heavy atom. The summed E-state index contributed by atoms with van der Waals surface area (Å²) in [5.74, 6) is -0.286. The van der Waals surface area contributed by atoms with Crippen molar-refractivity contribution in [2.45, 2.75) is 18.7 Å². The molecule has 1 atom stereocenters. The summed E-state index contributed by atoms with van der Waals surface area (Å²) in [4.78, 5) is 11.3. The number of nitrogens with one attached hydrogen (secondary N) is 2. The normalized spacial score (nSPS) is 13.5. The smallest absolute Gasteiger partial charge is 0.238 e. The van der Waals surface area contributed by atoms with Crippen LogP contribution in [-0.2, 0) is 21.2 Å². The molecule has 15 heavy (non-hydrogen) atoms. The predicted molar refractivity (Wildman–Crippen MR) is 50.3 cm³/mol. The minimum atomic E-state index is -3.37. The molecule has 1 aromatic heterocycles. The van der Waals surface area contributed by atoms with E-state index in [0.717, 1.165) is 6.26 Å². The molecular formula is C6H11N5O3S. The Labute approximate surface area is 86.4 Å². The Morgan fingerprint density at radius 1 is 1.60 bits per heavy atom. The first-order valence-corrected chi connectivity index (χ1v) is 6.05. The zero-order valence-electron chi connectivity index (χ0n) is 8.26. The number of carbonyl (C=O) groups excluding carboxylic acids is 1. The number of aromatic nitrogens is 4. The van der Waals surface area contributed by atoms with Crippen molar-refractivity contribution >= 4 is 15.7 Å². The quantitative estimate of drug-likeness (QED) is 0.636. The third-order valence-electron chi connectivity index (χ3n) is 1.82. The number of rotatable bonds is 4. The van der Waals surface area contributed by atoms with Crippen molar-refractivity contribution in [2.75, 3.05) is 6.26 Å². The molecule has 0 radical (unpaired) electrons. The summed E-state index contributed by atoms with van der Waals surface area (Å²) in [7, 11) is -3.37. The van der Waals surface area contributed by atoms with Gasteiger partial charge in [0.2, 0.25) is 5.91 Å². The molecule has 0 saturated carbocycles. The maximum absolute atomic E-state index is 11.3. The zero-order chi connectivity index (χ0) is 11.5. The van der Waals surface area contributed by atoms with Crippen LogP contribution in [-0.4, -0.2) is 46.5 Å². The fraction of sp³-hybridized carbons (Fsp3) is 0.667. The number of tetrazole rings is 1. The number of amides is 1. The maximum atomic E-state index is 11.3. The summed E-state index contributed by atoms with van der Waals surface area (Å²) in [6, 6.07) is 0. The Hall–Kier alpha value is -1.51. The van der Waals surface area contributed by atoms with E-state index in [-0.39, 0.29) is 6.54 Å². The van der Waals surface area contributed by atoms with Crippen LogP contribution in [0.2, 0.25) is 0 Å². The maximum Gasteiger partial charge on any atom is 0.238 e. The molecule has 8 nitrogen and oxygen atoms in total.